The van der Waals surface area contributed by atoms with Crippen LogP contribution in [-0.4, -0.2) is 6.61 Å². The van der Waals surface area contributed by atoms with Crippen LogP contribution in [0.3, 0.4) is 0 Å². The number of nitrogens with zero attached hydrogens (tertiary/aromatic N) is 1. The molecule has 0 saturated heterocycles. The second-order valence-electron chi connectivity index (χ2n) is 2.96. The molecule has 0 aliphatic rings. The Morgan fingerprint density at radius 1 is 1.46 bits per heavy atom. The predicted molar refractivity (Wildman–Crippen MR) is 51.7 cm³/mol. The summed E-state index contributed by atoms with van der Waals surface area (Å²) in [7, 11) is 0. The number of aryl methyl sites for hydroxylation is 1. The van der Waals surface area contributed by atoms with Crippen molar-refractivity contribution in [1.29, 1.82) is 5.26 Å². The van der Waals surface area contributed by atoms with Gasteiger partial charge in [-0.2, -0.15) is 5.26 Å². The van der Waals surface area contributed by atoms with E-state index in [0.717, 1.165) is 12.0 Å². The van der Waals surface area contributed by atoms with Gasteiger partial charge in [0.2, 0.25) is 0 Å². The lowest BCUT2D eigenvalue weighted by atomic mass is 10.1. The zero-order valence-electron chi connectivity index (χ0n) is 8.00. The van der Waals surface area contributed by atoms with Gasteiger partial charge in [-0.3, -0.25) is 0 Å². The molecule has 0 atom stereocenters. The van der Waals surface area contributed by atoms with E-state index in [1.54, 1.807) is 0 Å². The summed E-state index contributed by atoms with van der Waals surface area (Å²) >= 11 is 0. The minimum absolute atomic E-state index is 0.619. The van der Waals surface area contributed by atoms with E-state index in [4.69, 9.17) is 10.00 Å². The Hall–Kier alpha value is -1.49. The number of nitriles is 1. The van der Waals surface area contributed by atoms with Gasteiger partial charge in [0.05, 0.1) is 12.2 Å². The molecule has 0 N–H and O–H groups in total. The van der Waals surface area contributed by atoms with Gasteiger partial charge in [-0.15, -0.1) is 0 Å². The molecule has 2 nitrogen and oxygen atoms in total. The quantitative estimate of drug-likeness (QED) is 0.707. The molecule has 0 aliphatic carbocycles. The summed E-state index contributed by atoms with van der Waals surface area (Å²) in [5, 5.41) is 8.81. The smallest absolute Gasteiger partial charge is 0.137 e. The van der Waals surface area contributed by atoms with Crippen LogP contribution in [0.25, 0.3) is 0 Å². The van der Waals surface area contributed by atoms with Gasteiger partial charge in [-0.1, -0.05) is 13.0 Å². The second kappa shape index (κ2) is 4.51. The number of benzene rings is 1. The van der Waals surface area contributed by atoms with Crippen LogP contribution in [0, 0.1) is 18.3 Å². The minimum Gasteiger partial charge on any atom is -0.492 e. The van der Waals surface area contributed by atoms with Crippen LogP contribution < -0.4 is 4.74 Å². The fraction of sp³-hybridized carbons (Fsp3) is 0.364. The van der Waals surface area contributed by atoms with Crippen LogP contribution in [0.15, 0.2) is 18.2 Å². The Kier molecular flexibility index (Phi) is 3.33. The van der Waals surface area contributed by atoms with Crippen LogP contribution in [0.4, 0.5) is 0 Å². The van der Waals surface area contributed by atoms with E-state index < -0.39 is 0 Å². The van der Waals surface area contributed by atoms with Gasteiger partial charge < -0.3 is 4.74 Å². The van der Waals surface area contributed by atoms with E-state index in [1.165, 1.54) is 0 Å². The van der Waals surface area contributed by atoms with Crippen LogP contribution in [-0.2, 0) is 0 Å². The Balaban J connectivity index is 2.88. The first-order valence-electron chi connectivity index (χ1n) is 4.41. The number of hydrogen-bond donors (Lipinski definition) is 0. The molecule has 1 aromatic rings. The third-order valence-electron chi connectivity index (χ3n) is 1.72. The Morgan fingerprint density at radius 2 is 2.23 bits per heavy atom. The van der Waals surface area contributed by atoms with Crippen LogP contribution in [0.1, 0.15) is 24.5 Å². The lowest BCUT2D eigenvalue weighted by Crippen LogP contribution is -1.97. The number of ether oxygens (including phenoxy) is 1. The van der Waals surface area contributed by atoms with E-state index in [-0.39, 0.29) is 0 Å². The summed E-state index contributed by atoms with van der Waals surface area (Å²) in [4.78, 5) is 0. The molecule has 0 radical (unpaired) electrons. The van der Waals surface area contributed by atoms with Gasteiger partial charge in [0.15, 0.2) is 0 Å². The highest BCUT2D eigenvalue weighted by Crippen LogP contribution is 2.18. The van der Waals surface area contributed by atoms with E-state index in [0.29, 0.717) is 17.9 Å². The van der Waals surface area contributed by atoms with E-state index in [9.17, 15) is 0 Å². The van der Waals surface area contributed by atoms with Crippen molar-refractivity contribution in [3.63, 3.8) is 0 Å². The van der Waals surface area contributed by atoms with E-state index in [1.807, 2.05) is 32.0 Å². The van der Waals surface area contributed by atoms with Crippen molar-refractivity contribution < 1.29 is 4.74 Å². The molecule has 0 spiro atoms. The molecule has 1 aromatic carbocycles. The van der Waals surface area contributed by atoms with Gasteiger partial charge in [0.25, 0.3) is 0 Å². The topological polar surface area (TPSA) is 33.0 Å². The summed E-state index contributed by atoms with van der Waals surface area (Å²) in [5.41, 5.74) is 1.70. The summed E-state index contributed by atoms with van der Waals surface area (Å²) < 4.78 is 5.41. The highest BCUT2D eigenvalue weighted by atomic mass is 16.5. The average molecular weight is 175 g/mol. The predicted octanol–water partition coefficient (Wildman–Crippen LogP) is 2.66. The standard InChI is InChI=1S/C11H13NO/c1-3-6-13-11-5-4-9(2)7-10(11)8-12/h4-5,7H,3,6H2,1-2H3. The third-order valence-corrected chi connectivity index (χ3v) is 1.72. The summed E-state index contributed by atoms with van der Waals surface area (Å²) in [6.45, 7) is 4.67. The van der Waals surface area contributed by atoms with Crippen molar-refractivity contribution in [1.82, 2.24) is 0 Å². The first-order valence-corrected chi connectivity index (χ1v) is 4.41. The van der Waals surface area contributed by atoms with Crippen LogP contribution in [0.5, 0.6) is 5.75 Å². The van der Waals surface area contributed by atoms with Gasteiger partial charge in [0, 0.05) is 0 Å². The summed E-state index contributed by atoms with van der Waals surface area (Å²) in [5.74, 6) is 0.690. The molecule has 2 heteroatoms. The first-order chi connectivity index (χ1) is 6.27. The van der Waals surface area contributed by atoms with Gasteiger partial charge in [-0.25, -0.2) is 0 Å². The number of hydrogen-bond acceptors (Lipinski definition) is 2. The van der Waals surface area contributed by atoms with Gasteiger partial charge >= 0.3 is 0 Å². The van der Waals surface area contributed by atoms with E-state index in [2.05, 4.69) is 6.07 Å². The zero-order valence-corrected chi connectivity index (χ0v) is 8.00. The van der Waals surface area contributed by atoms with Gasteiger partial charge in [-0.05, 0) is 31.0 Å². The molecular weight excluding hydrogens is 162 g/mol. The van der Waals surface area contributed by atoms with Gasteiger partial charge in [0.1, 0.15) is 11.8 Å². The maximum Gasteiger partial charge on any atom is 0.137 e. The molecule has 0 saturated carbocycles. The lowest BCUT2D eigenvalue weighted by Gasteiger charge is -2.06. The van der Waals surface area contributed by atoms with Crippen molar-refractivity contribution in [3.8, 4) is 11.8 Å². The van der Waals surface area contributed by atoms with Crippen LogP contribution in [0.2, 0.25) is 0 Å². The molecule has 0 fully saturated rings. The first kappa shape index (κ1) is 9.60. The summed E-state index contributed by atoms with van der Waals surface area (Å²) in [6, 6.07) is 7.76. The largest absolute Gasteiger partial charge is 0.492 e. The zero-order chi connectivity index (χ0) is 9.68. The minimum atomic E-state index is 0.619. The van der Waals surface area contributed by atoms with Crippen molar-refractivity contribution in [2.24, 2.45) is 0 Å². The molecule has 13 heavy (non-hydrogen) atoms. The number of rotatable bonds is 3. The molecule has 0 unspecified atom stereocenters. The van der Waals surface area contributed by atoms with Crippen molar-refractivity contribution >= 4 is 0 Å². The summed E-state index contributed by atoms with van der Waals surface area (Å²) in [6.07, 6.45) is 0.957. The Labute approximate surface area is 78.8 Å². The highest BCUT2D eigenvalue weighted by molar-refractivity contribution is 5.45. The molecule has 1 rings (SSSR count). The molecule has 0 heterocycles. The lowest BCUT2D eigenvalue weighted by molar-refractivity contribution is 0.316. The molecule has 0 bridgehead atoms. The average Bonchev–Trinajstić information content (AvgIpc) is 2.16. The molecule has 0 aliphatic heterocycles. The Morgan fingerprint density at radius 3 is 2.85 bits per heavy atom. The van der Waals surface area contributed by atoms with E-state index >= 15 is 0 Å². The maximum absolute atomic E-state index is 8.81. The fourth-order valence-electron chi connectivity index (χ4n) is 1.07. The third kappa shape index (κ3) is 2.48. The second-order valence-corrected chi connectivity index (χ2v) is 2.96. The SMILES string of the molecule is CCCOc1ccc(C)cc1C#N. The molecular formula is C11H13NO. The fourth-order valence-corrected chi connectivity index (χ4v) is 1.07. The van der Waals surface area contributed by atoms with Crippen molar-refractivity contribution in [3.05, 3.63) is 29.3 Å². The molecule has 0 aromatic heterocycles. The van der Waals surface area contributed by atoms with Crippen molar-refractivity contribution in [2.45, 2.75) is 20.3 Å². The normalized spacial score (nSPS) is 9.31. The maximum atomic E-state index is 8.81. The molecule has 0 amide bonds. The monoisotopic (exact) mass is 175 g/mol. The highest BCUT2D eigenvalue weighted by Gasteiger charge is 2.01. The Bertz CT molecular complexity index is 325. The van der Waals surface area contributed by atoms with Crippen LogP contribution >= 0.6 is 0 Å². The van der Waals surface area contributed by atoms with Crippen molar-refractivity contribution in [2.75, 3.05) is 6.61 Å². The molecule has 68 valence electrons.